The number of hydrogen-bond acceptors (Lipinski definition) is 10. The number of nitrogens with one attached hydrogen (secondary N) is 1. The zero-order valence-corrected chi connectivity index (χ0v) is 37.6. The van der Waals surface area contributed by atoms with E-state index in [0.717, 1.165) is 24.3 Å². The van der Waals surface area contributed by atoms with Crippen molar-refractivity contribution in [3.05, 3.63) is 132 Å². The van der Waals surface area contributed by atoms with Gasteiger partial charge in [-0.3, -0.25) is 14.0 Å². The number of rotatable bonds is 1. The van der Waals surface area contributed by atoms with Gasteiger partial charge in [0.2, 0.25) is 5.78 Å². The Kier molecular flexibility index (Phi) is 15.4. The van der Waals surface area contributed by atoms with E-state index >= 15 is 0 Å². The molecule has 0 atom stereocenters. The molecule has 1 amide bonds. The molecule has 5 heterocycles. The van der Waals surface area contributed by atoms with Crippen LogP contribution in [0.5, 0.6) is 0 Å². The summed E-state index contributed by atoms with van der Waals surface area (Å²) in [7, 11) is 0. The van der Waals surface area contributed by atoms with Crippen molar-refractivity contribution in [2.75, 3.05) is 5.32 Å². The molecule has 0 spiro atoms. The second kappa shape index (κ2) is 20.2. The SMILES string of the molecule is Cc1nnc2c(Cl)nc3c(C(F)(F)F)cc(F)cc3n12.Fc1cc(C(F)(F)F)c2nc(Cl)c(Cl)nc2c1.NCc1nc2cc(F)cc(C(F)(F)F)c2nc1Cl.O=C1Cc2cc(F)cc(C(F)(F)F)c2NC1=O. The fourth-order valence-electron chi connectivity index (χ4n) is 6.42. The summed E-state index contributed by atoms with van der Waals surface area (Å²) in [5.74, 6) is -5.96. The zero-order valence-electron chi connectivity index (χ0n) is 34.6. The van der Waals surface area contributed by atoms with Gasteiger partial charge in [-0.05, 0) is 42.8 Å². The van der Waals surface area contributed by atoms with Crippen LogP contribution in [0, 0.1) is 30.2 Å². The number of halogens is 20. The highest BCUT2D eigenvalue weighted by Gasteiger charge is 2.39. The summed E-state index contributed by atoms with van der Waals surface area (Å²) in [6, 6.07) is 4.77. The lowest BCUT2D eigenvalue weighted by Gasteiger charge is -2.20. The number of nitrogens with two attached hydrogens (primary N) is 1. The summed E-state index contributed by atoms with van der Waals surface area (Å²) in [5, 5.41) is 8.16. The molecular weight excluding hydrogens is 1100 g/mol. The van der Waals surface area contributed by atoms with E-state index < -0.39 is 111 Å². The highest BCUT2D eigenvalue weighted by molar-refractivity contribution is 6.42. The number of nitrogens with zero attached hydrogens (tertiary/aromatic N) is 8. The first-order valence-electron chi connectivity index (χ1n) is 18.8. The van der Waals surface area contributed by atoms with E-state index in [1.165, 1.54) is 11.3 Å². The molecule has 0 bridgehead atoms. The van der Waals surface area contributed by atoms with Crippen molar-refractivity contribution in [1.29, 1.82) is 0 Å². The third-order valence-corrected chi connectivity index (χ3v) is 10.5. The fraction of sp³-hybridized carbons (Fsp3) is 0.175. The van der Waals surface area contributed by atoms with E-state index in [1.54, 1.807) is 0 Å². The second-order valence-corrected chi connectivity index (χ2v) is 15.7. The van der Waals surface area contributed by atoms with Gasteiger partial charge in [-0.15, -0.1) is 10.2 Å². The Morgan fingerprint density at radius 1 is 0.556 bits per heavy atom. The number of aryl methyl sites for hydroxylation is 1. The summed E-state index contributed by atoms with van der Waals surface area (Å²) >= 11 is 22.4. The predicted octanol–water partition coefficient (Wildman–Crippen LogP) is 12.3. The van der Waals surface area contributed by atoms with Gasteiger partial charge in [-0.1, -0.05) is 46.4 Å². The number of fused-ring (bicyclic) bond motifs is 6. The number of amides is 1. The molecule has 4 aromatic heterocycles. The Hall–Kier alpha value is -6.49. The Labute approximate surface area is 408 Å². The lowest BCUT2D eigenvalue weighted by atomic mass is 9.97. The Morgan fingerprint density at radius 3 is 1.50 bits per heavy atom. The first-order chi connectivity index (χ1) is 33.2. The van der Waals surface area contributed by atoms with E-state index in [0.29, 0.717) is 18.2 Å². The molecule has 0 radical (unpaired) electrons. The minimum Gasteiger partial charge on any atom is -0.325 e. The van der Waals surface area contributed by atoms with Gasteiger partial charge >= 0.3 is 24.7 Å². The molecule has 0 aliphatic carbocycles. The first kappa shape index (κ1) is 54.8. The Morgan fingerprint density at radius 2 is 0.986 bits per heavy atom. The standard InChI is InChI=1S/C11H5ClF4N4.C10H6ClF4N3.C10H5F4NO2.C9H2Cl2F4N2/c1-4-18-19-10-9(12)17-8-6(11(14,15)16)2-5(13)3-7(8)20(4)10;11-9-7(3-16)17-6-2-4(12)1-5(8(6)18-9)10(13,14)15;11-5-1-4-2-7(16)9(17)15-8(4)6(3-5)10(12,13)14;10-7-8(11)17-6-4(9(13,14)15)1-3(12)2-5(6)16-7/h2-3H,1H3;1-2H,3,16H2;1,3H,2H2,(H,15,17);1-2H. The summed E-state index contributed by atoms with van der Waals surface area (Å²) in [6.45, 7) is 1.42. The number of Topliss-reactive ketones (excluding diaryl/α,β-unsaturated/α-hetero) is 1. The smallest absolute Gasteiger partial charge is 0.325 e. The van der Waals surface area contributed by atoms with Crippen LogP contribution >= 0.6 is 46.4 Å². The average molecular weight is 1120 g/mol. The van der Waals surface area contributed by atoms with Crippen LogP contribution in [-0.2, 0) is 47.3 Å². The number of carbonyl (C=O) groups is 2. The van der Waals surface area contributed by atoms with E-state index in [-0.39, 0.29) is 72.5 Å². The lowest BCUT2D eigenvalue weighted by molar-refractivity contribution is -0.138. The van der Waals surface area contributed by atoms with Crippen LogP contribution < -0.4 is 11.1 Å². The van der Waals surface area contributed by atoms with Gasteiger partial charge < -0.3 is 11.1 Å². The molecule has 1 aliphatic heterocycles. The van der Waals surface area contributed by atoms with Crippen LogP contribution in [0.1, 0.15) is 39.3 Å². The van der Waals surface area contributed by atoms with E-state index in [1.807, 2.05) is 5.32 Å². The average Bonchev–Trinajstić information content (AvgIpc) is 3.65. The van der Waals surface area contributed by atoms with E-state index in [9.17, 15) is 79.8 Å². The molecule has 12 nitrogen and oxygen atoms in total. The quantitative estimate of drug-likeness (QED) is 0.119. The molecular formula is C40H18Cl4F16N10O2. The lowest BCUT2D eigenvalue weighted by Crippen LogP contribution is -2.31. The predicted molar refractivity (Wildman–Crippen MR) is 224 cm³/mol. The number of alkyl halides is 12. The molecule has 32 heteroatoms. The van der Waals surface area contributed by atoms with Gasteiger partial charge in [-0.2, -0.15) is 52.7 Å². The van der Waals surface area contributed by atoms with E-state index in [4.69, 9.17) is 52.1 Å². The molecule has 380 valence electrons. The van der Waals surface area contributed by atoms with Gasteiger partial charge in [0.25, 0.3) is 5.91 Å². The van der Waals surface area contributed by atoms with Crippen LogP contribution in [0.2, 0.25) is 20.6 Å². The summed E-state index contributed by atoms with van der Waals surface area (Å²) in [6.07, 6.45) is -19.5. The fourth-order valence-corrected chi connectivity index (χ4v) is 7.09. The van der Waals surface area contributed by atoms with Crippen molar-refractivity contribution in [2.45, 2.75) is 44.6 Å². The molecule has 0 saturated carbocycles. The second-order valence-electron chi connectivity index (χ2n) is 14.3. The zero-order chi connectivity index (χ0) is 53.7. The van der Waals surface area contributed by atoms with Crippen molar-refractivity contribution in [2.24, 2.45) is 5.73 Å². The van der Waals surface area contributed by atoms with Gasteiger partial charge in [0, 0.05) is 31.2 Å². The largest absolute Gasteiger partial charge is 0.418 e. The minimum absolute atomic E-state index is 0.0791. The molecule has 0 saturated heterocycles. The highest BCUT2D eigenvalue weighted by atomic mass is 35.5. The van der Waals surface area contributed by atoms with E-state index in [2.05, 4.69) is 35.1 Å². The van der Waals surface area contributed by atoms with Gasteiger partial charge in [-0.25, -0.2) is 42.5 Å². The van der Waals surface area contributed by atoms with Crippen molar-refractivity contribution < 1.29 is 79.8 Å². The van der Waals surface area contributed by atoms with Crippen molar-refractivity contribution >= 4 is 103 Å². The topological polar surface area (TPSA) is 167 Å². The number of hydrogen-bond donors (Lipinski definition) is 2. The van der Waals surface area contributed by atoms with Crippen LogP contribution in [0.3, 0.4) is 0 Å². The first-order valence-corrected chi connectivity index (χ1v) is 20.3. The van der Waals surface area contributed by atoms with Gasteiger partial charge in [0.05, 0.1) is 50.2 Å². The maximum absolute atomic E-state index is 13.5. The van der Waals surface area contributed by atoms with Crippen molar-refractivity contribution in [1.82, 2.24) is 39.5 Å². The number of anilines is 1. The normalized spacial score (nSPS) is 13.0. The number of ketones is 1. The maximum Gasteiger partial charge on any atom is 0.418 e. The molecule has 4 aromatic carbocycles. The molecule has 72 heavy (non-hydrogen) atoms. The molecule has 1 aliphatic rings. The monoisotopic (exact) mass is 1110 g/mol. The Balaban J connectivity index is 0.000000157. The number of benzene rings is 4. The molecule has 8 aromatic rings. The molecule has 0 fully saturated rings. The van der Waals surface area contributed by atoms with Gasteiger partial charge in [0.15, 0.2) is 26.3 Å². The minimum atomic E-state index is -4.79. The van der Waals surface area contributed by atoms with Crippen LogP contribution in [0.15, 0.2) is 48.5 Å². The maximum atomic E-state index is 13.5. The van der Waals surface area contributed by atoms with Gasteiger partial charge in [0.1, 0.15) is 45.6 Å². The third kappa shape index (κ3) is 11.9. The summed E-state index contributed by atoms with van der Waals surface area (Å²) in [5.41, 5.74) is -2.22. The molecule has 0 unspecified atom stereocenters. The Bertz CT molecular complexity index is 3480. The number of aromatic nitrogens is 8. The van der Waals surface area contributed by atoms with Crippen molar-refractivity contribution in [3.8, 4) is 0 Å². The van der Waals surface area contributed by atoms with Crippen LogP contribution in [0.25, 0.3) is 38.7 Å². The highest BCUT2D eigenvalue weighted by Crippen LogP contribution is 2.40. The molecule has 3 N–H and O–H groups in total. The summed E-state index contributed by atoms with van der Waals surface area (Å²) in [4.78, 5) is 40.1. The third-order valence-electron chi connectivity index (χ3n) is 9.37. The van der Waals surface area contributed by atoms with Crippen molar-refractivity contribution in [3.63, 3.8) is 0 Å². The number of carbonyl (C=O) groups excluding carboxylic acids is 2. The van der Waals surface area contributed by atoms with Crippen LogP contribution in [-0.4, -0.2) is 51.2 Å². The van der Waals surface area contributed by atoms with Crippen LogP contribution in [0.4, 0.5) is 75.9 Å². The molecule has 9 rings (SSSR count). The summed E-state index contributed by atoms with van der Waals surface area (Å²) < 4.78 is 206.